The summed E-state index contributed by atoms with van der Waals surface area (Å²) in [5.41, 5.74) is 0. The molecule has 0 radical (unpaired) electrons. The van der Waals surface area contributed by atoms with Crippen molar-refractivity contribution in [1.82, 2.24) is 0 Å². The molecule has 1 saturated carbocycles. The Morgan fingerprint density at radius 2 is 1.81 bits per heavy atom. The molecule has 0 unspecified atom stereocenters. The van der Waals surface area contributed by atoms with E-state index in [4.69, 9.17) is 4.74 Å². The van der Waals surface area contributed by atoms with Gasteiger partial charge in [0.15, 0.2) is 0 Å². The summed E-state index contributed by atoms with van der Waals surface area (Å²) in [4.78, 5) is 11.7. The summed E-state index contributed by atoms with van der Waals surface area (Å²) in [6.07, 6.45) is 8.24. The molecule has 0 atom stereocenters. The summed E-state index contributed by atoms with van der Waals surface area (Å²) < 4.78 is 6.35. The van der Waals surface area contributed by atoms with E-state index in [1.54, 1.807) is 0 Å². The lowest BCUT2D eigenvalue weighted by Gasteiger charge is -2.28. The fourth-order valence-corrected chi connectivity index (χ4v) is 2.96. The zero-order chi connectivity index (χ0) is 11.4. The van der Waals surface area contributed by atoms with Crippen LogP contribution in [0.4, 0.5) is 0 Å². The van der Waals surface area contributed by atoms with Crippen molar-refractivity contribution in [2.75, 3.05) is 26.9 Å². The van der Waals surface area contributed by atoms with Gasteiger partial charge in [-0.2, -0.15) is 0 Å². The molecule has 1 saturated heterocycles. The third-order valence-corrected chi connectivity index (χ3v) is 4.11. The minimum atomic E-state index is 0.0261. The number of carbonyl (C=O) groups excluding carboxylic acids is 1. The van der Waals surface area contributed by atoms with Crippen molar-refractivity contribution in [1.29, 1.82) is 0 Å². The van der Waals surface area contributed by atoms with Gasteiger partial charge in [0.25, 0.3) is 0 Å². The molecule has 1 aliphatic heterocycles. The van der Waals surface area contributed by atoms with E-state index >= 15 is 0 Å². The van der Waals surface area contributed by atoms with Crippen LogP contribution in [0, 0.1) is 5.92 Å². The molecule has 0 aromatic carbocycles. The van der Waals surface area contributed by atoms with Crippen molar-refractivity contribution in [2.24, 2.45) is 5.92 Å². The molecule has 3 heteroatoms. The van der Waals surface area contributed by atoms with Crippen LogP contribution in [0.2, 0.25) is 0 Å². The van der Waals surface area contributed by atoms with Crippen molar-refractivity contribution in [3.05, 3.63) is 0 Å². The smallest absolute Gasteiger partial charge is 0.310 e. The SMILES string of the molecule is C[N+]1(COC(=O)CC2CCCC2)CCCC1. The molecule has 0 amide bonds. The number of carbonyl (C=O) groups is 1. The lowest BCUT2D eigenvalue weighted by Crippen LogP contribution is -2.43. The minimum absolute atomic E-state index is 0.0261. The zero-order valence-electron chi connectivity index (χ0n) is 10.4. The van der Waals surface area contributed by atoms with Gasteiger partial charge < -0.3 is 4.74 Å². The first-order valence-corrected chi connectivity index (χ1v) is 6.67. The number of quaternary nitrogens is 1. The first-order chi connectivity index (χ1) is 7.68. The van der Waals surface area contributed by atoms with Crippen LogP contribution in [0.5, 0.6) is 0 Å². The minimum Gasteiger partial charge on any atom is -0.415 e. The van der Waals surface area contributed by atoms with Gasteiger partial charge in [0, 0.05) is 19.3 Å². The van der Waals surface area contributed by atoms with Gasteiger partial charge in [0.05, 0.1) is 20.1 Å². The number of hydrogen-bond donors (Lipinski definition) is 0. The van der Waals surface area contributed by atoms with E-state index in [1.807, 2.05) is 0 Å². The van der Waals surface area contributed by atoms with E-state index in [9.17, 15) is 4.79 Å². The molecule has 0 spiro atoms. The number of esters is 1. The topological polar surface area (TPSA) is 26.3 Å². The molecule has 1 heterocycles. The molecular formula is C13H24NO2+. The van der Waals surface area contributed by atoms with E-state index in [2.05, 4.69) is 7.05 Å². The molecule has 1 aliphatic carbocycles. The first kappa shape index (κ1) is 11.9. The van der Waals surface area contributed by atoms with Crippen LogP contribution in [-0.2, 0) is 9.53 Å². The molecular weight excluding hydrogens is 202 g/mol. The average Bonchev–Trinajstić information content (AvgIpc) is 2.88. The summed E-state index contributed by atoms with van der Waals surface area (Å²) in [5, 5.41) is 0. The molecule has 0 aromatic heterocycles. The molecule has 2 rings (SSSR count). The van der Waals surface area contributed by atoms with Gasteiger partial charge in [-0.15, -0.1) is 0 Å². The Balaban J connectivity index is 1.66. The van der Waals surface area contributed by atoms with E-state index in [0.717, 1.165) is 17.6 Å². The maximum atomic E-state index is 11.7. The van der Waals surface area contributed by atoms with Crippen LogP contribution in [-0.4, -0.2) is 37.3 Å². The van der Waals surface area contributed by atoms with Gasteiger partial charge in [-0.1, -0.05) is 12.8 Å². The molecule has 3 nitrogen and oxygen atoms in total. The number of rotatable bonds is 4. The van der Waals surface area contributed by atoms with Gasteiger partial charge in [-0.25, -0.2) is 0 Å². The molecule has 0 N–H and O–H groups in total. The maximum Gasteiger partial charge on any atom is 0.310 e. The highest BCUT2D eigenvalue weighted by Gasteiger charge is 2.28. The van der Waals surface area contributed by atoms with Gasteiger partial charge in [-0.05, 0) is 18.8 Å². The highest BCUT2D eigenvalue weighted by molar-refractivity contribution is 5.69. The molecule has 2 aliphatic rings. The average molecular weight is 226 g/mol. The van der Waals surface area contributed by atoms with Gasteiger partial charge in [0.1, 0.15) is 0 Å². The Kier molecular flexibility index (Phi) is 3.85. The Labute approximate surface area is 98.4 Å². The summed E-state index contributed by atoms with van der Waals surface area (Å²) in [6.45, 7) is 2.92. The van der Waals surface area contributed by atoms with Crippen molar-refractivity contribution < 1.29 is 14.0 Å². The third kappa shape index (κ3) is 3.21. The quantitative estimate of drug-likeness (QED) is 0.543. The van der Waals surface area contributed by atoms with Crippen LogP contribution >= 0.6 is 0 Å². The van der Waals surface area contributed by atoms with Gasteiger partial charge in [-0.3, -0.25) is 9.28 Å². The fraction of sp³-hybridized carbons (Fsp3) is 0.923. The molecule has 0 aromatic rings. The summed E-state index contributed by atoms with van der Waals surface area (Å²) in [5.74, 6) is 0.634. The van der Waals surface area contributed by atoms with E-state index in [0.29, 0.717) is 19.1 Å². The Bertz CT molecular complexity index is 240. The zero-order valence-corrected chi connectivity index (χ0v) is 10.4. The predicted octanol–water partition coefficient (Wildman–Crippen LogP) is 2.31. The van der Waals surface area contributed by atoms with Crippen molar-refractivity contribution in [2.45, 2.75) is 44.9 Å². The fourth-order valence-electron chi connectivity index (χ4n) is 2.96. The number of hydrogen-bond acceptors (Lipinski definition) is 2. The second-order valence-electron chi connectivity index (χ2n) is 5.77. The lowest BCUT2D eigenvalue weighted by atomic mass is 10.1. The van der Waals surface area contributed by atoms with Crippen molar-refractivity contribution in [3.8, 4) is 0 Å². The second-order valence-corrected chi connectivity index (χ2v) is 5.77. The van der Waals surface area contributed by atoms with Crippen LogP contribution in [0.15, 0.2) is 0 Å². The predicted molar refractivity (Wildman–Crippen MR) is 62.7 cm³/mol. The highest BCUT2D eigenvalue weighted by Crippen LogP contribution is 2.27. The van der Waals surface area contributed by atoms with E-state index in [-0.39, 0.29) is 5.97 Å². The number of nitrogens with zero attached hydrogens (tertiary/aromatic N) is 1. The normalized spacial score (nSPS) is 24.8. The third-order valence-electron chi connectivity index (χ3n) is 4.11. The van der Waals surface area contributed by atoms with Crippen LogP contribution in [0.3, 0.4) is 0 Å². The van der Waals surface area contributed by atoms with Gasteiger partial charge >= 0.3 is 5.97 Å². The highest BCUT2D eigenvalue weighted by atomic mass is 16.5. The van der Waals surface area contributed by atoms with Crippen molar-refractivity contribution in [3.63, 3.8) is 0 Å². The van der Waals surface area contributed by atoms with Crippen LogP contribution in [0.1, 0.15) is 44.9 Å². The molecule has 2 fully saturated rings. The number of likely N-dealkylation sites (tertiary alicyclic amines) is 1. The summed E-state index contributed by atoms with van der Waals surface area (Å²) >= 11 is 0. The summed E-state index contributed by atoms with van der Waals surface area (Å²) in [7, 11) is 2.19. The summed E-state index contributed by atoms with van der Waals surface area (Å²) in [6, 6.07) is 0. The van der Waals surface area contributed by atoms with Crippen molar-refractivity contribution >= 4 is 5.97 Å². The number of ether oxygens (including phenoxy) is 1. The maximum absolute atomic E-state index is 11.7. The molecule has 0 bridgehead atoms. The van der Waals surface area contributed by atoms with Crippen LogP contribution < -0.4 is 0 Å². The Hall–Kier alpha value is -0.570. The second kappa shape index (κ2) is 5.17. The monoisotopic (exact) mass is 226 g/mol. The molecule has 16 heavy (non-hydrogen) atoms. The molecule has 92 valence electrons. The van der Waals surface area contributed by atoms with Crippen LogP contribution in [0.25, 0.3) is 0 Å². The largest absolute Gasteiger partial charge is 0.415 e. The van der Waals surface area contributed by atoms with Gasteiger partial charge in [0.2, 0.25) is 6.73 Å². The Morgan fingerprint density at radius 1 is 1.19 bits per heavy atom. The Morgan fingerprint density at radius 3 is 2.44 bits per heavy atom. The lowest BCUT2D eigenvalue weighted by molar-refractivity contribution is -0.914. The van der Waals surface area contributed by atoms with E-state index in [1.165, 1.54) is 38.5 Å². The first-order valence-electron chi connectivity index (χ1n) is 6.67. The van der Waals surface area contributed by atoms with E-state index < -0.39 is 0 Å². The standard InChI is InChI=1S/C13H24NO2/c1-14(8-4-5-9-14)11-16-13(15)10-12-6-2-3-7-12/h12H,2-11H2,1H3/q+1.